The first-order valence-electron chi connectivity index (χ1n) is 9.51. The summed E-state index contributed by atoms with van der Waals surface area (Å²) >= 11 is 0. The minimum Gasteiger partial charge on any atom is -0.485 e. The monoisotopic (exact) mass is 357 g/mol. The molecule has 0 aliphatic heterocycles. The van der Waals surface area contributed by atoms with Crippen LogP contribution in [0, 0.1) is 12.8 Å². The molecular weight excluding hydrogens is 330 g/mol. The molecule has 1 saturated carbocycles. The molecule has 1 amide bonds. The van der Waals surface area contributed by atoms with Gasteiger partial charge in [0.1, 0.15) is 5.75 Å². The van der Waals surface area contributed by atoms with Crippen molar-refractivity contribution in [3.05, 3.63) is 41.5 Å². The quantitative estimate of drug-likeness (QED) is 0.844. The summed E-state index contributed by atoms with van der Waals surface area (Å²) < 4.78 is 10.5. The van der Waals surface area contributed by atoms with Crippen LogP contribution in [0.5, 0.6) is 5.75 Å². The summed E-state index contributed by atoms with van der Waals surface area (Å²) in [5.41, 5.74) is 0.651. The first-order valence-corrected chi connectivity index (χ1v) is 9.51. The van der Waals surface area contributed by atoms with Gasteiger partial charge in [0.05, 0.1) is 0 Å². The van der Waals surface area contributed by atoms with Gasteiger partial charge in [0.2, 0.25) is 11.7 Å². The summed E-state index contributed by atoms with van der Waals surface area (Å²) in [6.07, 6.45) is 9.04. The van der Waals surface area contributed by atoms with Crippen LogP contribution in [0.15, 0.2) is 28.8 Å². The van der Waals surface area contributed by atoms with Gasteiger partial charge in [-0.05, 0) is 43.0 Å². The van der Waals surface area contributed by atoms with Crippen molar-refractivity contribution in [2.75, 3.05) is 6.54 Å². The molecular formula is C20H27N3O3. The van der Waals surface area contributed by atoms with Gasteiger partial charge in [-0.3, -0.25) is 4.79 Å². The Balaban J connectivity index is 1.45. The van der Waals surface area contributed by atoms with Crippen LogP contribution >= 0.6 is 0 Å². The number of aromatic nitrogens is 2. The second-order valence-electron chi connectivity index (χ2n) is 6.96. The fourth-order valence-electron chi connectivity index (χ4n) is 3.33. The van der Waals surface area contributed by atoms with Crippen LogP contribution < -0.4 is 10.1 Å². The summed E-state index contributed by atoms with van der Waals surface area (Å²) in [5, 5.41) is 6.87. The predicted molar refractivity (Wildman–Crippen MR) is 98.0 cm³/mol. The lowest BCUT2D eigenvalue weighted by molar-refractivity contribution is 0.0944. The van der Waals surface area contributed by atoms with E-state index in [1.807, 2.05) is 0 Å². The summed E-state index contributed by atoms with van der Waals surface area (Å²) in [6.45, 7) is 2.75. The first-order chi connectivity index (χ1) is 12.7. The Labute approximate surface area is 154 Å². The van der Waals surface area contributed by atoms with E-state index in [4.69, 9.17) is 9.26 Å². The Bertz CT molecular complexity index is 689. The summed E-state index contributed by atoms with van der Waals surface area (Å²) in [7, 11) is 0. The van der Waals surface area contributed by atoms with Crippen LogP contribution in [0.4, 0.5) is 0 Å². The molecule has 1 N–H and O–H groups in total. The molecule has 1 aliphatic rings. The van der Waals surface area contributed by atoms with Crippen LogP contribution in [0.25, 0.3) is 0 Å². The molecule has 0 spiro atoms. The zero-order chi connectivity index (χ0) is 18.2. The number of carbonyl (C=O) groups is 1. The number of ether oxygens (including phenoxy) is 1. The van der Waals surface area contributed by atoms with E-state index in [0.29, 0.717) is 28.9 Å². The largest absolute Gasteiger partial charge is 0.485 e. The molecule has 1 heterocycles. The molecule has 1 fully saturated rings. The zero-order valence-electron chi connectivity index (χ0n) is 15.4. The van der Waals surface area contributed by atoms with Gasteiger partial charge in [0.15, 0.2) is 6.61 Å². The average Bonchev–Trinajstić information content (AvgIpc) is 3.04. The van der Waals surface area contributed by atoms with Crippen LogP contribution in [0.2, 0.25) is 0 Å². The number of amides is 1. The number of hydrogen-bond donors (Lipinski definition) is 1. The number of rotatable bonds is 6. The highest BCUT2D eigenvalue weighted by atomic mass is 16.5. The minimum atomic E-state index is -0.0209. The van der Waals surface area contributed by atoms with Gasteiger partial charge >= 0.3 is 0 Å². The van der Waals surface area contributed by atoms with Crippen molar-refractivity contribution in [3.63, 3.8) is 0 Å². The third kappa shape index (κ3) is 5.58. The number of nitrogens with one attached hydrogen (secondary N) is 1. The third-order valence-electron chi connectivity index (χ3n) is 4.83. The second-order valence-corrected chi connectivity index (χ2v) is 6.96. The van der Waals surface area contributed by atoms with E-state index < -0.39 is 0 Å². The van der Waals surface area contributed by atoms with Crippen molar-refractivity contribution in [2.24, 2.45) is 5.92 Å². The fraction of sp³-hybridized carbons (Fsp3) is 0.550. The Hall–Kier alpha value is -2.37. The maximum atomic E-state index is 12.4. The minimum absolute atomic E-state index is 0.0209. The van der Waals surface area contributed by atoms with E-state index in [-0.39, 0.29) is 12.5 Å². The van der Waals surface area contributed by atoms with Crippen molar-refractivity contribution in [2.45, 2.75) is 58.5 Å². The van der Waals surface area contributed by atoms with E-state index in [9.17, 15) is 4.79 Å². The number of hydrogen-bond acceptors (Lipinski definition) is 5. The van der Waals surface area contributed by atoms with Gasteiger partial charge in [-0.1, -0.05) is 37.3 Å². The van der Waals surface area contributed by atoms with E-state index in [0.717, 1.165) is 6.54 Å². The topological polar surface area (TPSA) is 77.2 Å². The van der Waals surface area contributed by atoms with E-state index in [1.165, 1.54) is 44.9 Å². The van der Waals surface area contributed by atoms with Crippen molar-refractivity contribution >= 4 is 5.91 Å². The average molecular weight is 357 g/mol. The zero-order valence-corrected chi connectivity index (χ0v) is 15.4. The first kappa shape index (κ1) is 18.4. The molecule has 0 bridgehead atoms. The molecule has 26 heavy (non-hydrogen) atoms. The second kappa shape index (κ2) is 9.36. The molecule has 0 saturated heterocycles. The highest BCUT2D eigenvalue weighted by molar-refractivity contribution is 5.94. The van der Waals surface area contributed by atoms with Gasteiger partial charge in [0.25, 0.3) is 5.91 Å². The molecule has 0 atom stereocenters. The summed E-state index contributed by atoms with van der Waals surface area (Å²) in [6, 6.07) is 7.14. The van der Waals surface area contributed by atoms with Gasteiger partial charge in [0, 0.05) is 19.0 Å². The highest BCUT2D eigenvalue weighted by Crippen LogP contribution is 2.21. The summed E-state index contributed by atoms with van der Waals surface area (Å²) in [4.78, 5) is 16.4. The third-order valence-corrected chi connectivity index (χ3v) is 4.83. The standard InChI is InChI=1S/C20H27N3O3/c1-15-22-19(23-26-15)14-25-18-11-9-17(10-12-18)20(24)21-13-16-7-5-3-2-4-6-8-16/h9-12,16H,2-8,13-14H2,1H3,(H,21,24). The normalized spacial score (nSPS) is 15.9. The number of nitrogens with zero attached hydrogens (tertiary/aromatic N) is 2. The highest BCUT2D eigenvalue weighted by Gasteiger charge is 2.13. The maximum absolute atomic E-state index is 12.4. The van der Waals surface area contributed by atoms with E-state index >= 15 is 0 Å². The molecule has 1 aromatic carbocycles. The van der Waals surface area contributed by atoms with E-state index in [2.05, 4.69) is 15.5 Å². The smallest absolute Gasteiger partial charge is 0.251 e. The molecule has 140 valence electrons. The molecule has 0 radical (unpaired) electrons. The van der Waals surface area contributed by atoms with Crippen molar-refractivity contribution in [3.8, 4) is 5.75 Å². The van der Waals surface area contributed by atoms with Crippen LogP contribution in [-0.4, -0.2) is 22.6 Å². The van der Waals surface area contributed by atoms with Crippen LogP contribution in [0.3, 0.4) is 0 Å². The fourth-order valence-corrected chi connectivity index (χ4v) is 3.33. The Morgan fingerprint density at radius 1 is 1.15 bits per heavy atom. The molecule has 2 aromatic rings. The number of benzene rings is 1. The molecule has 6 heteroatoms. The predicted octanol–water partition coefficient (Wildman–Crippen LogP) is 4.05. The molecule has 0 unspecified atom stereocenters. The van der Waals surface area contributed by atoms with Crippen molar-refractivity contribution < 1.29 is 14.1 Å². The van der Waals surface area contributed by atoms with Crippen LogP contribution in [-0.2, 0) is 6.61 Å². The lowest BCUT2D eigenvalue weighted by Gasteiger charge is -2.20. The SMILES string of the molecule is Cc1nc(COc2ccc(C(=O)NCC3CCCCCCC3)cc2)no1. The van der Waals surface area contributed by atoms with Gasteiger partial charge in [-0.2, -0.15) is 4.98 Å². The molecule has 1 aromatic heterocycles. The Morgan fingerprint density at radius 2 is 1.85 bits per heavy atom. The van der Waals surface area contributed by atoms with Crippen molar-refractivity contribution in [1.29, 1.82) is 0 Å². The van der Waals surface area contributed by atoms with Gasteiger partial charge in [-0.25, -0.2) is 0 Å². The molecule has 1 aliphatic carbocycles. The van der Waals surface area contributed by atoms with E-state index in [1.54, 1.807) is 31.2 Å². The molecule has 6 nitrogen and oxygen atoms in total. The Morgan fingerprint density at radius 3 is 2.50 bits per heavy atom. The van der Waals surface area contributed by atoms with Crippen molar-refractivity contribution in [1.82, 2.24) is 15.5 Å². The summed E-state index contributed by atoms with van der Waals surface area (Å²) in [5.74, 6) is 2.28. The Kier molecular flexibility index (Phi) is 6.63. The lowest BCUT2D eigenvalue weighted by atomic mass is 9.91. The maximum Gasteiger partial charge on any atom is 0.251 e. The number of carbonyl (C=O) groups excluding carboxylic acids is 1. The van der Waals surface area contributed by atoms with Crippen LogP contribution in [0.1, 0.15) is 67.0 Å². The van der Waals surface area contributed by atoms with Gasteiger partial charge < -0.3 is 14.6 Å². The van der Waals surface area contributed by atoms with Gasteiger partial charge in [-0.15, -0.1) is 0 Å². The number of aryl methyl sites for hydroxylation is 1. The molecule has 3 rings (SSSR count). The lowest BCUT2D eigenvalue weighted by Crippen LogP contribution is -2.29.